The maximum Gasteiger partial charge on any atom is 0.338 e. The van der Waals surface area contributed by atoms with Crippen LogP contribution in [0.5, 0.6) is 0 Å². The van der Waals surface area contributed by atoms with Gasteiger partial charge >= 0.3 is 17.9 Å². The van der Waals surface area contributed by atoms with E-state index in [9.17, 15) is 14.4 Å². The summed E-state index contributed by atoms with van der Waals surface area (Å²) in [5.74, 6) is 0.259. The predicted octanol–water partition coefficient (Wildman–Crippen LogP) is 20.7. The van der Waals surface area contributed by atoms with Crippen LogP contribution in [-0.4, -0.2) is 76.9 Å². The molecule has 16 nitrogen and oxygen atoms in total. The van der Waals surface area contributed by atoms with Crippen molar-refractivity contribution < 1.29 is 28.6 Å². The Labute approximate surface area is 547 Å². The first kappa shape index (κ1) is 73.3. The van der Waals surface area contributed by atoms with Gasteiger partial charge in [-0.3, -0.25) is 0 Å². The molecule has 3 aliphatic rings. The van der Waals surface area contributed by atoms with Crippen LogP contribution in [0.15, 0.2) is 103 Å². The van der Waals surface area contributed by atoms with Gasteiger partial charge in [0.25, 0.3) is 0 Å². The molecule has 0 saturated heterocycles. The molecule has 0 saturated carbocycles. The van der Waals surface area contributed by atoms with E-state index in [2.05, 4.69) is 57.5 Å². The number of nitrogens with zero attached hydrogens (tertiary/aromatic N) is 7. The lowest BCUT2D eigenvalue weighted by Gasteiger charge is -2.30. The molecule has 0 aromatic heterocycles. The first-order chi connectivity index (χ1) is 44.6. The van der Waals surface area contributed by atoms with Gasteiger partial charge in [0.1, 0.15) is 18.3 Å². The number of carbonyl (C=O) groups excluding carboxylic acids is 3. The number of benzene rings is 3. The number of hydrogen-bond acceptors (Lipinski definition) is 16. The van der Waals surface area contributed by atoms with Crippen LogP contribution in [-0.2, 0) is 14.2 Å². The first-order valence-electron chi connectivity index (χ1n) is 36.2. The number of nitrogens with one attached hydrogen (secondary N) is 3. The van der Waals surface area contributed by atoms with E-state index in [0.29, 0.717) is 33.8 Å². The summed E-state index contributed by atoms with van der Waals surface area (Å²) in [6, 6.07) is 21.4. The molecule has 3 aromatic carbocycles. The van der Waals surface area contributed by atoms with Crippen molar-refractivity contribution in [3.8, 4) is 0 Å². The molecule has 16 heteroatoms. The SMILES string of the molecule is CCCCCCCCCC(CCCCCC)OC(=O)c1ccc(NC2=NC3=NC(Nc4ccc(C(=O)OC(CCCCCC)CCCCCCCCC)cc4)=NC4=NC(Nc5ccc(C(=O)OC(CCCCCC)CCCCCCCCC)cc5)=NC(=N2)N34)cc1. The van der Waals surface area contributed by atoms with E-state index in [-0.39, 0.29) is 72.0 Å². The molecule has 3 heterocycles. The fraction of sp³-hybridized carbons (Fsp3) is 0.640. The number of rotatable bonds is 48. The zero-order valence-electron chi connectivity index (χ0n) is 56.8. The molecule has 3 aromatic rings. The summed E-state index contributed by atoms with van der Waals surface area (Å²) < 4.78 is 18.6. The molecule has 3 N–H and O–H groups in total. The Kier molecular flexibility index (Phi) is 35.4. The van der Waals surface area contributed by atoms with Gasteiger partial charge < -0.3 is 30.2 Å². The van der Waals surface area contributed by atoms with E-state index >= 15 is 0 Å². The van der Waals surface area contributed by atoms with E-state index in [1.54, 1.807) is 41.3 Å². The van der Waals surface area contributed by atoms with Crippen LogP contribution in [0.2, 0.25) is 0 Å². The highest BCUT2D eigenvalue weighted by molar-refractivity contribution is 6.32. The summed E-state index contributed by atoms with van der Waals surface area (Å²) in [6.45, 7) is 13.4. The van der Waals surface area contributed by atoms with Crippen LogP contribution in [0.4, 0.5) is 17.1 Å². The molecule has 500 valence electrons. The van der Waals surface area contributed by atoms with Crippen LogP contribution in [0.3, 0.4) is 0 Å². The largest absolute Gasteiger partial charge is 0.459 e. The van der Waals surface area contributed by atoms with Crippen molar-refractivity contribution >= 4 is 70.7 Å². The monoisotopic (exact) mass is 1250 g/mol. The van der Waals surface area contributed by atoms with Gasteiger partial charge in [-0.25, -0.2) is 19.3 Å². The van der Waals surface area contributed by atoms with Gasteiger partial charge in [-0.15, -0.1) is 0 Å². The Morgan fingerprint density at radius 2 is 0.495 bits per heavy atom. The highest BCUT2D eigenvalue weighted by Gasteiger charge is 2.35. The topological polar surface area (TPSA) is 192 Å². The lowest BCUT2D eigenvalue weighted by Crippen LogP contribution is -2.49. The van der Waals surface area contributed by atoms with Crippen LogP contribution < -0.4 is 16.0 Å². The Hall–Kier alpha value is -6.71. The molecule has 91 heavy (non-hydrogen) atoms. The maximum absolute atomic E-state index is 13.7. The van der Waals surface area contributed by atoms with Crippen LogP contribution in [0, 0.1) is 0 Å². The molecular weight excluding hydrogens is 1140 g/mol. The zero-order valence-corrected chi connectivity index (χ0v) is 56.8. The summed E-state index contributed by atoms with van der Waals surface area (Å²) in [6.07, 6.45) is 44.1. The molecule has 6 rings (SSSR count). The Balaban J connectivity index is 1.18. The minimum Gasteiger partial charge on any atom is -0.459 e. The van der Waals surface area contributed by atoms with Crippen molar-refractivity contribution in [3.63, 3.8) is 0 Å². The van der Waals surface area contributed by atoms with Gasteiger partial charge in [0.05, 0.1) is 16.7 Å². The van der Waals surface area contributed by atoms with E-state index in [1.807, 2.05) is 36.4 Å². The van der Waals surface area contributed by atoms with Gasteiger partial charge in [0.15, 0.2) is 0 Å². The lowest BCUT2D eigenvalue weighted by atomic mass is 10.0. The minimum atomic E-state index is -0.323. The van der Waals surface area contributed by atoms with Crippen molar-refractivity contribution in [1.29, 1.82) is 0 Å². The smallest absolute Gasteiger partial charge is 0.338 e. The molecule has 3 aliphatic heterocycles. The third kappa shape index (κ3) is 28.0. The number of carbonyl (C=O) groups is 3. The highest BCUT2D eigenvalue weighted by atomic mass is 16.6. The standard InChI is InChI=1S/C75H114N10O6/c1-7-13-19-25-28-31-37-43-64(40-34-22-16-10-4)89-67(86)58-46-52-61(53-47-58)76-70-79-73-81-71(77-62-54-48-59(49-55-62)68(87)90-65(41-35-23-17-11-5)44-38-32-29-26-20-14-8-2)83-75-84-72(82-74(80-70)85(73)75)78-63-56-50-60(51-57-63)69(88)91-66(42-36-24-18-12-6)45-39-33-30-27-21-15-9-3/h46-57,64-66H,7-45H2,1-6H3,(H3,76,77,78,79,80,81,82,83,84). The number of guanidine groups is 6. The Bertz CT molecular complexity index is 2470. The highest BCUT2D eigenvalue weighted by Crippen LogP contribution is 2.26. The predicted molar refractivity (Wildman–Crippen MR) is 378 cm³/mol. The average molecular weight is 1250 g/mol. The minimum absolute atomic E-state index is 0.110. The zero-order chi connectivity index (χ0) is 64.5. The van der Waals surface area contributed by atoms with E-state index < -0.39 is 0 Å². The van der Waals surface area contributed by atoms with Gasteiger partial charge in [0.2, 0.25) is 35.8 Å². The van der Waals surface area contributed by atoms with Crippen molar-refractivity contribution in [3.05, 3.63) is 89.5 Å². The number of hydrogen-bond donors (Lipinski definition) is 3. The average Bonchev–Trinajstić information content (AvgIpc) is 0.789. The van der Waals surface area contributed by atoms with Crippen molar-refractivity contribution in [2.75, 3.05) is 16.0 Å². The number of esters is 3. The quantitative estimate of drug-likeness (QED) is 0.0278. The van der Waals surface area contributed by atoms with Crippen molar-refractivity contribution in [2.45, 2.75) is 310 Å². The molecule has 3 unspecified atom stereocenters. The van der Waals surface area contributed by atoms with Gasteiger partial charge in [0, 0.05) is 17.1 Å². The molecule has 0 amide bonds. The van der Waals surface area contributed by atoms with E-state index in [1.165, 1.54) is 116 Å². The summed E-state index contributed by atoms with van der Waals surface area (Å²) >= 11 is 0. The summed E-state index contributed by atoms with van der Waals surface area (Å²) in [7, 11) is 0. The normalized spacial score (nSPS) is 14.4. The molecule has 0 aliphatic carbocycles. The van der Waals surface area contributed by atoms with Crippen LogP contribution >= 0.6 is 0 Å². The molecule has 0 bridgehead atoms. The Morgan fingerprint density at radius 1 is 0.297 bits per heavy atom. The van der Waals surface area contributed by atoms with Gasteiger partial charge in [-0.2, -0.15) is 30.0 Å². The lowest BCUT2D eigenvalue weighted by molar-refractivity contribution is 0.0239. The molecular formula is C75H114N10O6. The molecule has 0 fully saturated rings. The van der Waals surface area contributed by atoms with Gasteiger partial charge in [-0.05, 0) is 150 Å². The maximum atomic E-state index is 13.7. The van der Waals surface area contributed by atoms with Crippen molar-refractivity contribution in [1.82, 2.24) is 4.90 Å². The summed E-state index contributed by atoms with van der Waals surface area (Å²) in [4.78, 5) is 71.5. The van der Waals surface area contributed by atoms with Crippen LogP contribution in [0.1, 0.15) is 323 Å². The number of unbranched alkanes of at least 4 members (excludes halogenated alkanes) is 27. The Morgan fingerprint density at radius 3 is 0.714 bits per heavy atom. The van der Waals surface area contributed by atoms with Crippen LogP contribution in [0.25, 0.3) is 0 Å². The number of anilines is 3. The van der Waals surface area contributed by atoms with E-state index in [4.69, 9.17) is 44.2 Å². The third-order valence-corrected chi connectivity index (χ3v) is 17.3. The van der Waals surface area contributed by atoms with Gasteiger partial charge in [-0.1, -0.05) is 215 Å². The third-order valence-electron chi connectivity index (χ3n) is 17.3. The molecule has 0 spiro atoms. The molecule has 0 radical (unpaired) electrons. The fourth-order valence-electron chi connectivity index (χ4n) is 11.7. The van der Waals surface area contributed by atoms with Crippen molar-refractivity contribution in [2.24, 2.45) is 30.0 Å². The summed E-state index contributed by atoms with van der Waals surface area (Å²) in [5.41, 5.74) is 3.34. The number of ether oxygens (including phenoxy) is 3. The number of aliphatic imine (C=N–C) groups is 6. The molecule has 3 atom stereocenters. The first-order valence-corrected chi connectivity index (χ1v) is 36.2. The second-order valence-electron chi connectivity index (χ2n) is 25.3. The van der Waals surface area contributed by atoms with E-state index in [0.717, 1.165) is 135 Å². The summed E-state index contributed by atoms with van der Waals surface area (Å²) in [5, 5.41) is 9.93. The second-order valence-corrected chi connectivity index (χ2v) is 25.3. The second kappa shape index (κ2) is 43.9. The fourth-order valence-corrected chi connectivity index (χ4v) is 11.7.